The molecule has 0 radical (unpaired) electrons. The zero-order valence-electron chi connectivity index (χ0n) is 9.40. The highest BCUT2D eigenvalue weighted by Crippen LogP contribution is 2.18. The van der Waals surface area contributed by atoms with Gasteiger partial charge in [-0.2, -0.15) is 0 Å². The Balaban J connectivity index is 3.85. The first kappa shape index (κ1) is 13.9. The number of carboxylic acid groups (broad SMARTS) is 2. The van der Waals surface area contributed by atoms with E-state index < -0.39 is 11.9 Å². The number of rotatable bonds is 8. The number of carboxylic acids is 2. The fraction of sp³-hybridized carbons (Fsp3) is 0.818. The normalized spacial score (nSPS) is 14.5. The van der Waals surface area contributed by atoms with Crippen LogP contribution >= 0.6 is 0 Å². The predicted octanol–water partition coefficient (Wildman–Crippen LogP) is 2.38. The Labute approximate surface area is 90.3 Å². The molecule has 4 nitrogen and oxygen atoms in total. The Morgan fingerprint density at radius 3 is 1.47 bits per heavy atom. The number of hydrogen-bond donors (Lipinski definition) is 2. The fourth-order valence-corrected chi connectivity index (χ4v) is 1.62. The molecule has 4 heteroatoms. The molecule has 0 spiro atoms. The monoisotopic (exact) mass is 216 g/mol. The highest BCUT2D eigenvalue weighted by atomic mass is 16.4. The van der Waals surface area contributed by atoms with Crippen LogP contribution in [0.3, 0.4) is 0 Å². The van der Waals surface area contributed by atoms with Crippen molar-refractivity contribution in [3.63, 3.8) is 0 Å². The molecule has 2 atom stereocenters. The molecule has 0 aromatic carbocycles. The summed E-state index contributed by atoms with van der Waals surface area (Å²) in [5, 5.41) is 17.6. The molecule has 88 valence electrons. The third kappa shape index (κ3) is 5.40. The van der Waals surface area contributed by atoms with Crippen LogP contribution in [0.25, 0.3) is 0 Å². The Morgan fingerprint density at radius 1 is 0.933 bits per heavy atom. The van der Waals surface area contributed by atoms with Crippen molar-refractivity contribution in [2.45, 2.75) is 46.0 Å². The van der Waals surface area contributed by atoms with Crippen molar-refractivity contribution in [3.8, 4) is 0 Å². The Kier molecular flexibility index (Phi) is 6.75. The molecule has 0 fully saturated rings. The van der Waals surface area contributed by atoms with Gasteiger partial charge in [-0.25, -0.2) is 0 Å². The average Bonchev–Trinajstić information content (AvgIpc) is 2.17. The van der Waals surface area contributed by atoms with Gasteiger partial charge in [-0.15, -0.1) is 0 Å². The SMILES string of the molecule is CCC(CCCC(CC)C(=O)O)C(=O)O. The maximum atomic E-state index is 10.7. The van der Waals surface area contributed by atoms with Gasteiger partial charge in [0.05, 0.1) is 11.8 Å². The summed E-state index contributed by atoms with van der Waals surface area (Å²) in [5.41, 5.74) is 0. The van der Waals surface area contributed by atoms with E-state index in [4.69, 9.17) is 10.2 Å². The molecule has 0 heterocycles. The highest BCUT2D eigenvalue weighted by molar-refractivity contribution is 5.70. The summed E-state index contributed by atoms with van der Waals surface area (Å²) in [6.07, 6.45) is 3.05. The second-order valence-electron chi connectivity index (χ2n) is 3.82. The zero-order chi connectivity index (χ0) is 11.8. The molecular formula is C11H20O4. The number of carbonyl (C=O) groups is 2. The van der Waals surface area contributed by atoms with Gasteiger partial charge in [0.15, 0.2) is 0 Å². The molecule has 0 rings (SSSR count). The zero-order valence-corrected chi connectivity index (χ0v) is 9.40. The molecule has 2 unspecified atom stereocenters. The van der Waals surface area contributed by atoms with Gasteiger partial charge in [-0.3, -0.25) is 9.59 Å². The molecule has 0 aromatic heterocycles. The quantitative estimate of drug-likeness (QED) is 0.653. The van der Waals surface area contributed by atoms with Gasteiger partial charge in [0, 0.05) is 0 Å². The van der Waals surface area contributed by atoms with Gasteiger partial charge < -0.3 is 10.2 Å². The first-order chi connectivity index (χ1) is 7.02. The van der Waals surface area contributed by atoms with Crippen molar-refractivity contribution in [1.29, 1.82) is 0 Å². The molecule has 15 heavy (non-hydrogen) atoms. The van der Waals surface area contributed by atoms with Gasteiger partial charge in [0.2, 0.25) is 0 Å². The molecular weight excluding hydrogens is 196 g/mol. The van der Waals surface area contributed by atoms with E-state index >= 15 is 0 Å². The van der Waals surface area contributed by atoms with Crippen molar-refractivity contribution in [2.24, 2.45) is 11.8 Å². The third-order valence-electron chi connectivity index (χ3n) is 2.79. The maximum absolute atomic E-state index is 10.7. The number of hydrogen-bond acceptors (Lipinski definition) is 2. The van der Waals surface area contributed by atoms with Crippen molar-refractivity contribution < 1.29 is 19.8 Å². The Morgan fingerprint density at radius 2 is 1.27 bits per heavy atom. The maximum Gasteiger partial charge on any atom is 0.306 e. The summed E-state index contributed by atoms with van der Waals surface area (Å²) in [4.78, 5) is 21.4. The lowest BCUT2D eigenvalue weighted by atomic mass is 9.94. The van der Waals surface area contributed by atoms with Crippen LogP contribution in [0.15, 0.2) is 0 Å². The standard InChI is InChI=1S/C11H20O4/c1-3-8(10(12)13)6-5-7-9(4-2)11(14)15/h8-9H,3-7H2,1-2H3,(H,12,13)(H,14,15). The van der Waals surface area contributed by atoms with Crippen LogP contribution in [0.1, 0.15) is 46.0 Å². The lowest BCUT2D eigenvalue weighted by Gasteiger charge is -2.12. The second-order valence-corrected chi connectivity index (χ2v) is 3.82. The summed E-state index contributed by atoms with van der Waals surface area (Å²) in [5.74, 6) is -2.20. The molecule has 0 saturated heterocycles. The van der Waals surface area contributed by atoms with Crippen LogP contribution in [0.2, 0.25) is 0 Å². The van der Waals surface area contributed by atoms with Crippen LogP contribution in [0.5, 0.6) is 0 Å². The van der Waals surface area contributed by atoms with Crippen LogP contribution in [-0.2, 0) is 9.59 Å². The minimum atomic E-state index is -0.777. The summed E-state index contributed by atoms with van der Waals surface area (Å²) in [6, 6.07) is 0. The van der Waals surface area contributed by atoms with E-state index in [0.29, 0.717) is 32.1 Å². The highest BCUT2D eigenvalue weighted by Gasteiger charge is 2.18. The van der Waals surface area contributed by atoms with E-state index in [-0.39, 0.29) is 11.8 Å². The van der Waals surface area contributed by atoms with E-state index in [9.17, 15) is 9.59 Å². The van der Waals surface area contributed by atoms with Gasteiger partial charge in [-0.1, -0.05) is 20.3 Å². The second kappa shape index (κ2) is 7.26. The van der Waals surface area contributed by atoms with E-state index in [0.717, 1.165) is 0 Å². The van der Waals surface area contributed by atoms with Crippen LogP contribution in [0, 0.1) is 11.8 Å². The molecule has 0 saturated carbocycles. The summed E-state index contributed by atoms with van der Waals surface area (Å²) in [6.45, 7) is 3.68. The van der Waals surface area contributed by atoms with Gasteiger partial charge in [-0.05, 0) is 25.7 Å². The first-order valence-corrected chi connectivity index (χ1v) is 5.48. The summed E-state index contributed by atoms with van der Waals surface area (Å²) >= 11 is 0. The lowest BCUT2D eigenvalue weighted by molar-refractivity contribution is -0.142. The van der Waals surface area contributed by atoms with Gasteiger partial charge in [0.1, 0.15) is 0 Å². The summed E-state index contributed by atoms with van der Waals surface area (Å²) < 4.78 is 0. The largest absolute Gasteiger partial charge is 0.481 e. The predicted molar refractivity (Wildman–Crippen MR) is 56.7 cm³/mol. The topological polar surface area (TPSA) is 74.6 Å². The Hall–Kier alpha value is -1.06. The first-order valence-electron chi connectivity index (χ1n) is 5.48. The molecule has 0 bridgehead atoms. The van der Waals surface area contributed by atoms with E-state index in [2.05, 4.69) is 0 Å². The van der Waals surface area contributed by atoms with Gasteiger partial charge >= 0.3 is 11.9 Å². The summed E-state index contributed by atoms with van der Waals surface area (Å²) in [7, 11) is 0. The van der Waals surface area contributed by atoms with Crippen LogP contribution in [0.4, 0.5) is 0 Å². The Bertz CT molecular complexity index is 191. The van der Waals surface area contributed by atoms with E-state index in [1.165, 1.54) is 0 Å². The van der Waals surface area contributed by atoms with Crippen LogP contribution in [-0.4, -0.2) is 22.2 Å². The number of aliphatic carboxylic acids is 2. The minimum Gasteiger partial charge on any atom is -0.481 e. The smallest absolute Gasteiger partial charge is 0.306 e. The van der Waals surface area contributed by atoms with Crippen LogP contribution < -0.4 is 0 Å². The molecule has 0 aliphatic rings. The van der Waals surface area contributed by atoms with Crippen molar-refractivity contribution in [2.75, 3.05) is 0 Å². The molecule has 0 amide bonds. The van der Waals surface area contributed by atoms with Gasteiger partial charge in [0.25, 0.3) is 0 Å². The molecule has 0 aliphatic carbocycles. The molecule has 2 N–H and O–H groups in total. The van der Waals surface area contributed by atoms with Crippen molar-refractivity contribution in [3.05, 3.63) is 0 Å². The van der Waals surface area contributed by atoms with E-state index in [1.54, 1.807) is 0 Å². The fourth-order valence-electron chi connectivity index (χ4n) is 1.62. The molecule has 0 aliphatic heterocycles. The average molecular weight is 216 g/mol. The van der Waals surface area contributed by atoms with E-state index in [1.807, 2.05) is 13.8 Å². The molecule has 0 aromatic rings. The van der Waals surface area contributed by atoms with Crippen molar-refractivity contribution in [1.82, 2.24) is 0 Å². The van der Waals surface area contributed by atoms with Crippen molar-refractivity contribution >= 4 is 11.9 Å². The third-order valence-corrected chi connectivity index (χ3v) is 2.79. The minimum absolute atomic E-state index is 0.323. The lowest BCUT2D eigenvalue weighted by Crippen LogP contribution is -2.15.